The molecule has 4 heteroatoms. The van der Waals surface area contributed by atoms with E-state index in [2.05, 4.69) is 33.0 Å². The van der Waals surface area contributed by atoms with Crippen LogP contribution < -0.4 is 5.73 Å². The molecule has 16 heavy (non-hydrogen) atoms. The van der Waals surface area contributed by atoms with Gasteiger partial charge in [0.05, 0.1) is 5.03 Å². The number of aromatic nitrogens is 1. The van der Waals surface area contributed by atoms with Gasteiger partial charge in [-0.05, 0) is 53.4 Å². The summed E-state index contributed by atoms with van der Waals surface area (Å²) in [5, 5.41) is 1.78. The minimum atomic E-state index is 0.660. The summed E-state index contributed by atoms with van der Waals surface area (Å²) in [5.41, 5.74) is 5.83. The van der Waals surface area contributed by atoms with Crippen molar-refractivity contribution in [1.82, 2.24) is 4.98 Å². The van der Waals surface area contributed by atoms with Crippen molar-refractivity contribution in [2.75, 3.05) is 6.54 Å². The largest absolute Gasteiger partial charge is 0.330 e. The second-order valence-corrected chi connectivity index (χ2v) is 6.43. The van der Waals surface area contributed by atoms with Crippen LogP contribution in [0.1, 0.15) is 25.7 Å². The van der Waals surface area contributed by atoms with Gasteiger partial charge in [-0.3, -0.25) is 0 Å². The third kappa shape index (κ3) is 3.22. The standard InChI is InChI=1S/C12H17BrN2S/c13-10-5-6-12(15-8-10)16-11-4-2-1-3-9(11)7-14/h5-6,8-9,11H,1-4,7,14H2. The van der Waals surface area contributed by atoms with E-state index in [0.717, 1.165) is 16.0 Å². The van der Waals surface area contributed by atoms with Crippen molar-refractivity contribution in [3.63, 3.8) is 0 Å². The van der Waals surface area contributed by atoms with Crippen LogP contribution in [0.25, 0.3) is 0 Å². The van der Waals surface area contributed by atoms with E-state index in [9.17, 15) is 0 Å². The zero-order valence-electron chi connectivity index (χ0n) is 9.23. The average Bonchev–Trinajstić information content (AvgIpc) is 2.33. The van der Waals surface area contributed by atoms with Gasteiger partial charge in [-0.1, -0.05) is 12.8 Å². The van der Waals surface area contributed by atoms with Gasteiger partial charge in [0, 0.05) is 15.9 Å². The molecule has 0 spiro atoms. The van der Waals surface area contributed by atoms with Gasteiger partial charge >= 0.3 is 0 Å². The molecular formula is C12H17BrN2S. The molecule has 88 valence electrons. The van der Waals surface area contributed by atoms with E-state index in [4.69, 9.17) is 5.73 Å². The van der Waals surface area contributed by atoms with Crippen LogP contribution in [0.5, 0.6) is 0 Å². The topological polar surface area (TPSA) is 38.9 Å². The molecule has 0 aliphatic heterocycles. The maximum Gasteiger partial charge on any atom is 0.0963 e. The fourth-order valence-corrected chi connectivity index (χ4v) is 3.71. The molecule has 2 unspecified atom stereocenters. The highest BCUT2D eigenvalue weighted by Crippen LogP contribution is 2.36. The first-order valence-electron chi connectivity index (χ1n) is 5.78. The monoisotopic (exact) mass is 300 g/mol. The van der Waals surface area contributed by atoms with E-state index in [1.165, 1.54) is 25.7 Å². The van der Waals surface area contributed by atoms with Crippen LogP contribution >= 0.6 is 27.7 Å². The van der Waals surface area contributed by atoms with Crippen molar-refractivity contribution in [3.8, 4) is 0 Å². The molecule has 2 N–H and O–H groups in total. The lowest BCUT2D eigenvalue weighted by atomic mass is 9.89. The van der Waals surface area contributed by atoms with Crippen LogP contribution in [0.15, 0.2) is 27.8 Å². The predicted octanol–water partition coefficient (Wildman–Crippen LogP) is 3.45. The summed E-state index contributed by atoms with van der Waals surface area (Å²) in [6.45, 7) is 0.814. The molecule has 1 fully saturated rings. The molecule has 0 saturated heterocycles. The second-order valence-electron chi connectivity index (χ2n) is 4.25. The zero-order chi connectivity index (χ0) is 11.4. The summed E-state index contributed by atoms with van der Waals surface area (Å²) >= 11 is 5.30. The Kier molecular flexibility index (Phi) is 4.67. The molecule has 2 atom stereocenters. The molecule has 1 aromatic rings. The predicted molar refractivity (Wildman–Crippen MR) is 72.6 cm³/mol. The van der Waals surface area contributed by atoms with E-state index >= 15 is 0 Å². The summed E-state index contributed by atoms with van der Waals surface area (Å²) in [4.78, 5) is 4.42. The summed E-state index contributed by atoms with van der Waals surface area (Å²) in [5.74, 6) is 0.671. The first-order valence-corrected chi connectivity index (χ1v) is 7.45. The van der Waals surface area contributed by atoms with Crippen LogP contribution in [0.4, 0.5) is 0 Å². The molecular weight excluding hydrogens is 284 g/mol. The highest BCUT2D eigenvalue weighted by Gasteiger charge is 2.24. The van der Waals surface area contributed by atoms with E-state index in [1.54, 1.807) is 0 Å². The Balaban J connectivity index is 1.99. The molecule has 1 aliphatic carbocycles. The van der Waals surface area contributed by atoms with E-state index in [-0.39, 0.29) is 0 Å². The van der Waals surface area contributed by atoms with Crippen LogP contribution in [-0.2, 0) is 0 Å². The van der Waals surface area contributed by atoms with Gasteiger partial charge in [-0.15, -0.1) is 11.8 Å². The smallest absolute Gasteiger partial charge is 0.0963 e. The summed E-state index contributed by atoms with van der Waals surface area (Å²) in [7, 11) is 0. The molecule has 2 rings (SSSR count). The van der Waals surface area contributed by atoms with Crippen LogP contribution in [0, 0.1) is 5.92 Å². The van der Waals surface area contributed by atoms with E-state index in [1.807, 2.05) is 18.0 Å². The summed E-state index contributed by atoms with van der Waals surface area (Å²) in [6.07, 6.45) is 7.11. The number of thioether (sulfide) groups is 1. The number of hydrogen-bond acceptors (Lipinski definition) is 3. The number of rotatable bonds is 3. The van der Waals surface area contributed by atoms with Crippen molar-refractivity contribution in [2.45, 2.75) is 36.0 Å². The molecule has 1 heterocycles. The Bertz CT molecular complexity index is 328. The Morgan fingerprint density at radius 1 is 1.38 bits per heavy atom. The number of nitrogens with two attached hydrogens (primary N) is 1. The Hall–Kier alpha value is -0.0600. The Morgan fingerprint density at radius 3 is 2.88 bits per heavy atom. The van der Waals surface area contributed by atoms with Gasteiger partial charge in [-0.2, -0.15) is 0 Å². The van der Waals surface area contributed by atoms with Crippen molar-refractivity contribution in [3.05, 3.63) is 22.8 Å². The number of nitrogens with zero attached hydrogens (tertiary/aromatic N) is 1. The molecule has 0 amide bonds. The van der Waals surface area contributed by atoms with Crippen molar-refractivity contribution >= 4 is 27.7 Å². The van der Waals surface area contributed by atoms with Crippen molar-refractivity contribution < 1.29 is 0 Å². The maximum atomic E-state index is 5.83. The third-order valence-electron chi connectivity index (χ3n) is 3.11. The SMILES string of the molecule is NCC1CCCCC1Sc1ccc(Br)cn1. The van der Waals surface area contributed by atoms with Gasteiger partial charge in [0.15, 0.2) is 0 Å². The second kappa shape index (κ2) is 6.03. The molecule has 0 radical (unpaired) electrons. The maximum absolute atomic E-state index is 5.83. The average molecular weight is 301 g/mol. The number of pyridine rings is 1. The first kappa shape index (κ1) is 12.4. The Morgan fingerprint density at radius 2 is 2.19 bits per heavy atom. The quantitative estimate of drug-likeness (QED) is 0.929. The van der Waals surface area contributed by atoms with Gasteiger partial charge in [-0.25, -0.2) is 4.98 Å². The summed E-state index contributed by atoms with van der Waals surface area (Å²) in [6, 6.07) is 4.13. The van der Waals surface area contributed by atoms with E-state index in [0.29, 0.717) is 11.2 Å². The first-order chi connectivity index (χ1) is 7.79. The molecule has 1 aliphatic rings. The fraction of sp³-hybridized carbons (Fsp3) is 0.583. The normalized spacial score (nSPS) is 25.6. The van der Waals surface area contributed by atoms with Crippen molar-refractivity contribution in [1.29, 1.82) is 0 Å². The van der Waals surface area contributed by atoms with Crippen LogP contribution in [-0.4, -0.2) is 16.8 Å². The van der Waals surface area contributed by atoms with Gasteiger partial charge < -0.3 is 5.73 Å². The van der Waals surface area contributed by atoms with Gasteiger partial charge in [0.25, 0.3) is 0 Å². The Labute approximate surface area is 110 Å². The molecule has 0 bridgehead atoms. The zero-order valence-corrected chi connectivity index (χ0v) is 11.6. The third-order valence-corrected chi connectivity index (χ3v) is 4.99. The number of hydrogen-bond donors (Lipinski definition) is 1. The van der Waals surface area contributed by atoms with Crippen LogP contribution in [0.3, 0.4) is 0 Å². The fourth-order valence-electron chi connectivity index (χ4n) is 2.19. The molecule has 1 saturated carbocycles. The molecule has 1 aromatic heterocycles. The highest BCUT2D eigenvalue weighted by molar-refractivity contribution is 9.10. The molecule has 0 aromatic carbocycles. The lowest BCUT2D eigenvalue weighted by Gasteiger charge is -2.29. The highest BCUT2D eigenvalue weighted by atomic mass is 79.9. The van der Waals surface area contributed by atoms with Gasteiger partial charge in [0.1, 0.15) is 0 Å². The van der Waals surface area contributed by atoms with Crippen LogP contribution in [0.2, 0.25) is 0 Å². The van der Waals surface area contributed by atoms with E-state index < -0.39 is 0 Å². The van der Waals surface area contributed by atoms with Crippen molar-refractivity contribution in [2.24, 2.45) is 11.7 Å². The summed E-state index contributed by atoms with van der Waals surface area (Å²) < 4.78 is 1.04. The minimum Gasteiger partial charge on any atom is -0.330 e. The molecule has 2 nitrogen and oxygen atoms in total. The minimum absolute atomic E-state index is 0.660. The van der Waals surface area contributed by atoms with Gasteiger partial charge in [0.2, 0.25) is 0 Å². The lowest BCUT2D eigenvalue weighted by molar-refractivity contribution is 0.378. The lowest BCUT2D eigenvalue weighted by Crippen LogP contribution is -2.28. The number of halogens is 1.